The van der Waals surface area contributed by atoms with Crippen molar-refractivity contribution < 1.29 is 24.2 Å². The first-order valence-electron chi connectivity index (χ1n) is 14.8. The van der Waals surface area contributed by atoms with Gasteiger partial charge in [0.25, 0.3) is 5.91 Å². The molecule has 2 N–H and O–H groups in total. The first-order chi connectivity index (χ1) is 19.1. The lowest BCUT2D eigenvalue weighted by atomic mass is 9.44. The highest BCUT2D eigenvalue weighted by atomic mass is 35.5. The second-order valence-electron chi connectivity index (χ2n) is 13.8. The van der Waals surface area contributed by atoms with Gasteiger partial charge in [-0.25, -0.2) is 0 Å². The van der Waals surface area contributed by atoms with Gasteiger partial charge in [-0.1, -0.05) is 51.4 Å². The molecule has 41 heavy (non-hydrogen) atoms. The van der Waals surface area contributed by atoms with E-state index in [0.29, 0.717) is 30.0 Å². The van der Waals surface area contributed by atoms with Crippen molar-refractivity contribution in [2.75, 3.05) is 12.3 Å². The van der Waals surface area contributed by atoms with Gasteiger partial charge in [-0.2, -0.15) is 0 Å². The molecule has 8 atom stereocenters. The van der Waals surface area contributed by atoms with Crippen molar-refractivity contribution in [1.82, 2.24) is 5.32 Å². The van der Waals surface area contributed by atoms with Gasteiger partial charge in [-0.15, -0.1) is 18.3 Å². The quantitative estimate of drug-likeness (QED) is 0.261. The van der Waals surface area contributed by atoms with E-state index in [-0.39, 0.29) is 46.6 Å². The fourth-order valence-electron chi connectivity index (χ4n) is 8.02. The third kappa shape index (κ3) is 5.88. The molecule has 3 aliphatic carbocycles. The van der Waals surface area contributed by atoms with E-state index in [2.05, 4.69) is 32.7 Å². The molecule has 0 aliphatic heterocycles. The predicted molar refractivity (Wildman–Crippen MR) is 165 cm³/mol. The normalized spacial score (nSPS) is 37.0. The molecule has 1 aromatic rings. The van der Waals surface area contributed by atoms with Crippen molar-refractivity contribution in [3.05, 3.63) is 47.5 Å². The second kappa shape index (κ2) is 11.7. The summed E-state index contributed by atoms with van der Waals surface area (Å²) in [6, 6.07) is 6.78. The molecule has 1 amide bonds. The number of Topliss-reactive ketones (excluding diaryl/α,β-unsaturated/α-hetero) is 1. The fraction of sp³-hybridized carbons (Fsp3) is 0.667. The molecule has 1 aromatic carbocycles. The van der Waals surface area contributed by atoms with Crippen LogP contribution in [0.2, 0.25) is 5.02 Å². The average Bonchev–Trinajstić information content (AvgIpc) is 3.29. The number of thioether (sulfide) groups is 1. The van der Waals surface area contributed by atoms with Gasteiger partial charge in [0, 0.05) is 45.0 Å². The van der Waals surface area contributed by atoms with Crippen LogP contribution in [0.25, 0.3) is 0 Å². The third-order valence-corrected chi connectivity index (χ3v) is 12.5. The Morgan fingerprint density at radius 2 is 1.98 bits per heavy atom. The lowest BCUT2D eigenvalue weighted by Gasteiger charge is -2.61. The van der Waals surface area contributed by atoms with E-state index in [0.717, 1.165) is 19.3 Å². The van der Waals surface area contributed by atoms with E-state index in [1.807, 2.05) is 26.8 Å². The lowest BCUT2D eigenvalue weighted by molar-refractivity contribution is -0.205. The number of ketones is 1. The summed E-state index contributed by atoms with van der Waals surface area (Å²) in [6.07, 6.45) is 4.13. The molecule has 8 heteroatoms. The van der Waals surface area contributed by atoms with Gasteiger partial charge in [0.15, 0.2) is 0 Å². The highest BCUT2D eigenvalue weighted by Crippen LogP contribution is 2.68. The number of halogens is 1. The van der Waals surface area contributed by atoms with E-state index in [9.17, 15) is 19.5 Å². The topological polar surface area (TPSA) is 92.7 Å². The molecule has 0 heterocycles. The monoisotopic (exact) mass is 603 g/mol. The zero-order chi connectivity index (χ0) is 30.4. The lowest BCUT2D eigenvalue weighted by Crippen LogP contribution is -2.63. The molecule has 3 saturated carbocycles. The summed E-state index contributed by atoms with van der Waals surface area (Å²) in [4.78, 5) is 39.6. The van der Waals surface area contributed by atoms with Gasteiger partial charge >= 0.3 is 5.97 Å². The summed E-state index contributed by atoms with van der Waals surface area (Å²) >= 11 is 7.44. The maximum atomic E-state index is 13.6. The van der Waals surface area contributed by atoms with Crippen LogP contribution in [0.4, 0.5) is 0 Å². The number of aliphatic hydroxyl groups excluding tert-OH is 1. The number of carbonyl (C=O) groups is 3. The van der Waals surface area contributed by atoms with E-state index in [4.69, 9.17) is 16.3 Å². The summed E-state index contributed by atoms with van der Waals surface area (Å²) in [6.45, 7) is 16.8. The molecule has 3 fully saturated rings. The number of hydrogen-bond acceptors (Lipinski definition) is 6. The molecule has 0 spiro atoms. The van der Waals surface area contributed by atoms with Crippen molar-refractivity contribution in [3.63, 3.8) is 0 Å². The number of aliphatic hydroxyl groups is 1. The molecule has 2 bridgehead atoms. The molecule has 0 unspecified atom stereocenters. The number of esters is 1. The van der Waals surface area contributed by atoms with Gasteiger partial charge in [0.2, 0.25) is 0 Å². The van der Waals surface area contributed by atoms with Crippen LogP contribution in [0, 0.1) is 34.0 Å². The van der Waals surface area contributed by atoms with Crippen LogP contribution in [0.5, 0.6) is 0 Å². The van der Waals surface area contributed by atoms with E-state index < -0.39 is 27.8 Å². The number of nitrogens with one attached hydrogen (secondary N) is 1. The fourth-order valence-corrected chi connectivity index (χ4v) is 8.97. The summed E-state index contributed by atoms with van der Waals surface area (Å²) in [5, 5.41) is 15.1. The Balaban J connectivity index is 1.51. The highest BCUT2D eigenvalue weighted by Gasteiger charge is 2.68. The molecule has 0 saturated heterocycles. The minimum Gasteiger partial charge on any atom is -0.461 e. The molecular formula is C33H46ClNO5S. The summed E-state index contributed by atoms with van der Waals surface area (Å²) in [7, 11) is 0. The van der Waals surface area contributed by atoms with Crippen molar-refractivity contribution in [1.29, 1.82) is 0 Å². The van der Waals surface area contributed by atoms with Crippen molar-refractivity contribution in [2.45, 2.75) is 90.6 Å². The van der Waals surface area contributed by atoms with Crippen LogP contribution < -0.4 is 5.32 Å². The molecule has 0 aromatic heterocycles. The van der Waals surface area contributed by atoms with E-state index in [1.165, 1.54) is 11.8 Å². The van der Waals surface area contributed by atoms with E-state index >= 15 is 0 Å². The van der Waals surface area contributed by atoms with Crippen LogP contribution in [0.15, 0.2) is 36.9 Å². The van der Waals surface area contributed by atoms with Gasteiger partial charge in [0.05, 0.1) is 11.9 Å². The number of ether oxygens (including phenoxy) is 1. The number of benzene rings is 1. The zero-order valence-electron chi connectivity index (χ0n) is 25.3. The molecule has 3 aliphatic rings. The Morgan fingerprint density at radius 1 is 1.27 bits per heavy atom. The predicted octanol–water partition coefficient (Wildman–Crippen LogP) is 6.49. The molecule has 0 radical (unpaired) electrons. The second-order valence-corrected chi connectivity index (χ2v) is 15.9. The minimum absolute atomic E-state index is 0.0658. The van der Waals surface area contributed by atoms with Crippen LogP contribution in [-0.2, 0) is 14.3 Å². The summed E-state index contributed by atoms with van der Waals surface area (Å²) in [5.41, 5.74) is -1.02. The van der Waals surface area contributed by atoms with Crippen molar-refractivity contribution in [2.24, 2.45) is 34.0 Å². The maximum Gasteiger partial charge on any atom is 0.316 e. The number of amides is 1. The Hall–Kier alpha value is -1.83. The Kier molecular flexibility index (Phi) is 9.15. The van der Waals surface area contributed by atoms with Crippen LogP contribution >= 0.6 is 23.4 Å². The summed E-state index contributed by atoms with van der Waals surface area (Å²) < 4.78 is 5.91. The zero-order valence-corrected chi connectivity index (χ0v) is 26.9. The first-order valence-corrected chi connectivity index (χ1v) is 16.2. The van der Waals surface area contributed by atoms with Gasteiger partial charge < -0.3 is 15.2 Å². The third-order valence-electron chi connectivity index (χ3n) is 10.9. The van der Waals surface area contributed by atoms with Crippen molar-refractivity contribution in [3.8, 4) is 0 Å². The molecule has 6 nitrogen and oxygen atoms in total. The largest absolute Gasteiger partial charge is 0.461 e. The van der Waals surface area contributed by atoms with Gasteiger partial charge in [0.1, 0.15) is 11.9 Å². The average molecular weight is 604 g/mol. The standard InChI is InChI=1S/C33H46ClNO5S/c1-8-31(6)17-25(32(7)20(2)12-14-33(21(3)28(31)38)15-13-24(36)27(32)33)40-26(37)18-41-30(4,5)19-35-29(39)22-10-9-11-23(34)16-22/h8-11,16,20-21,25,27-28,38H,1,12-15,17-19H2,2-7H3,(H,35,39)/t20-,21+,25-,27+,28+,31-,32+,33+/m1/s1. The van der Waals surface area contributed by atoms with Gasteiger partial charge in [-0.3, -0.25) is 14.4 Å². The maximum absolute atomic E-state index is 13.6. The van der Waals surface area contributed by atoms with E-state index in [1.54, 1.807) is 24.3 Å². The molecule has 226 valence electrons. The number of hydrogen-bond donors (Lipinski definition) is 2. The number of carbonyl (C=O) groups excluding carboxylic acids is 3. The minimum atomic E-state index is -0.691. The molecular weight excluding hydrogens is 558 g/mol. The Labute approximate surface area is 254 Å². The Morgan fingerprint density at radius 3 is 2.63 bits per heavy atom. The SMILES string of the molecule is C=C[C@]1(C)C[C@@H](OC(=O)CSC(C)(C)CNC(=O)c2cccc(Cl)c2)[C@]2(C)[C@H](C)CC[C@]3(CCC(=O)[C@H]32)[C@@H](C)[C@@H]1O. The molecule has 4 rings (SSSR count). The van der Waals surface area contributed by atoms with Crippen LogP contribution in [-0.4, -0.2) is 52.0 Å². The Bertz CT molecular complexity index is 1200. The van der Waals surface area contributed by atoms with Crippen molar-refractivity contribution >= 4 is 41.0 Å². The van der Waals surface area contributed by atoms with Crippen LogP contribution in [0.1, 0.15) is 84.0 Å². The summed E-state index contributed by atoms with van der Waals surface area (Å²) in [5.74, 6) is -0.355. The number of rotatable bonds is 8. The first kappa shape index (κ1) is 32.1. The van der Waals surface area contributed by atoms with Gasteiger partial charge in [-0.05, 0) is 75.0 Å². The highest BCUT2D eigenvalue weighted by molar-refractivity contribution is 8.01. The van der Waals surface area contributed by atoms with Crippen LogP contribution in [0.3, 0.4) is 0 Å². The smallest absolute Gasteiger partial charge is 0.316 e.